The van der Waals surface area contributed by atoms with Crippen LogP contribution < -0.4 is 4.74 Å². The number of halogens is 4. The SMILES string of the molecule is CCOC(=O)C(O)(c1cc(Cl)cc(OC)c1)C(F)(F)F. The second kappa shape index (κ2) is 5.88. The van der Waals surface area contributed by atoms with Gasteiger partial charge in [-0.3, -0.25) is 0 Å². The molecule has 1 rings (SSSR count). The number of carbonyl (C=O) groups is 1. The van der Waals surface area contributed by atoms with Gasteiger partial charge in [0.1, 0.15) is 5.75 Å². The summed E-state index contributed by atoms with van der Waals surface area (Å²) in [5, 5.41) is 9.73. The van der Waals surface area contributed by atoms with Gasteiger partial charge in [-0.05, 0) is 25.1 Å². The number of rotatable bonds is 4. The van der Waals surface area contributed by atoms with Crippen LogP contribution in [0.25, 0.3) is 0 Å². The van der Waals surface area contributed by atoms with Gasteiger partial charge in [-0.15, -0.1) is 0 Å². The minimum absolute atomic E-state index is 0.0283. The van der Waals surface area contributed by atoms with Gasteiger partial charge in [-0.2, -0.15) is 13.2 Å². The summed E-state index contributed by atoms with van der Waals surface area (Å²) in [7, 11) is 1.21. The number of aliphatic hydroxyl groups is 1. The van der Waals surface area contributed by atoms with E-state index in [9.17, 15) is 23.1 Å². The maximum atomic E-state index is 13.1. The number of hydrogen-bond donors (Lipinski definition) is 1. The molecular formula is C12H12ClF3O4. The summed E-state index contributed by atoms with van der Waals surface area (Å²) in [5.74, 6) is -1.85. The van der Waals surface area contributed by atoms with Gasteiger partial charge in [0.15, 0.2) is 0 Å². The number of hydrogen-bond acceptors (Lipinski definition) is 4. The molecule has 20 heavy (non-hydrogen) atoms. The Labute approximate surface area is 118 Å². The molecule has 0 aliphatic heterocycles. The van der Waals surface area contributed by atoms with E-state index in [0.717, 1.165) is 12.1 Å². The fourth-order valence-corrected chi connectivity index (χ4v) is 1.75. The fourth-order valence-electron chi connectivity index (χ4n) is 1.52. The molecule has 0 bridgehead atoms. The summed E-state index contributed by atoms with van der Waals surface area (Å²) in [6, 6.07) is 2.94. The van der Waals surface area contributed by atoms with Crippen LogP contribution in [0.5, 0.6) is 5.75 Å². The third-order valence-corrected chi connectivity index (χ3v) is 2.72. The van der Waals surface area contributed by atoms with Gasteiger partial charge in [0, 0.05) is 10.6 Å². The monoisotopic (exact) mass is 312 g/mol. The second-order valence-electron chi connectivity index (χ2n) is 3.81. The normalized spacial score (nSPS) is 14.6. The highest BCUT2D eigenvalue weighted by atomic mass is 35.5. The lowest BCUT2D eigenvalue weighted by Gasteiger charge is -2.28. The molecule has 0 amide bonds. The molecule has 8 heteroatoms. The molecule has 0 fully saturated rings. The molecular weight excluding hydrogens is 301 g/mol. The first-order valence-corrected chi connectivity index (χ1v) is 5.86. The van der Waals surface area contributed by atoms with E-state index in [-0.39, 0.29) is 17.4 Å². The summed E-state index contributed by atoms with van der Waals surface area (Å²) in [4.78, 5) is 11.5. The standard InChI is InChI=1S/C12H12ClF3O4/c1-3-20-10(17)11(18,12(14,15)16)7-4-8(13)6-9(5-7)19-2/h4-6,18H,3H2,1-2H3. The fraction of sp³-hybridized carbons (Fsp3) is 0.417. The number of ether oxygens (including phenoxy) is 2. The highest BCUT2D eigenvalue weighted by molar-refractivity contribution is 6.30. The highest BCUT2D eigenvalue weighted by Gasteiger charge is 2.62. The minimum Gasteiger partial charge on any atom is -0.497 e. The average molecular weight is 313 g/mol. The van der Waals surface area contributed by atoms with Crippen LogP contribution in [0, 0.1) is 0 Å². The molecule has 0 aliphatic rings. The van der Waals surface area contributed by atoms with Crippen molar-refractivity contribution in [2.75, 3.05) is 13.7 Å². The Morgan fingerprint density at radius 3 is 2.40 bits per heavy atom. The Bertz CT molecular complexity index is 504. The first kappa shape index (κ1) is 16.6. The van der Waals surface area contributed by atoms with Gasteiger partial charge >= 0.3 is 12.1 Å². The van der Waals surface area contributed by atoms with Crippen LogP contribution >= 0.6 is 11.6 Å². The van der Waals surface area contributed by atoms with Crippen molar-refractivity contribution in [1.29, 1.82) is 0 Å². The van der Waals surface area contributed by atoms with E-state index >= 15 is 0 Å². The Hall–Kier alpha value is -1.47. The number of methoxy groups -OCH3 is 1. The molecule has 4 nitrogen and oxygen atoms in total. The Balaban J connectivity index is 3.46. The Kier molecular flexibility index (Phi) is 4.88. The van der Waals surface area contributed by atoms with Gasteiger partial charge in [0.05, 0.1) is 13.7 Å². The van der Waals surface area contributed by atoms with E-state index < -0.39 is 23.3 Å². The smallest absolute Gasteiger partial charge is 0.432 e. The van der Waals surface area contributed by atoms with E-state index in [1.807, 2.05) is 0 Å². The lowest BCUT2D eigenvalue weighted by atomic mass is 9.93. The molecule has 0 saturated carbocycles. The first-order chi connectivity index (χ1) is 9.16. The largest absolute Gasteiger partial charge is 0.497 e. The van der Waals surface area contributed by atoms with E-state index in [0.29, 0.717) is 0 Å². The quantitative estimate of drug-likeness (QED) is 0.869. The summed E-state index contributed by atoms with van der Waals surface area (Å²) in [6.07, 6.45) is -5.27. The Morgan fingerprint density at radius 2 is 1.95 bits per heavy atom. The lowest BCUT2D eigenvalue weighted by molar-refractivity contribution is -0.267. The van der Waals surface area contributed by atoms with Crippen molar-refractivity contribution in [2.24, 2.45) is 0 Å². The van der Waals surface area contributed by atoms with E-state index in [1.165, 1.54) is 20.1 Å². The Morgan fingerprint density at radius 1 is 1.35 bits per heavy atom. The van der Waals surface area contributed by atoms with Crippen molar-refractivity contribution in [2.45, 2.75) is 18.7 Å². The molecule has 1 unspecified atom stereocenters. The molecule has 1 atom stereocenters. The predicted octanol–water partition coefficient (Wildman–Crippen LogP) is 2.66. The topological polar surface area (TPSA) is 55.8 Å². The van der Waals surface area contributed by atoms with Gasteiger partial charge in [-0.1, -0.05) is 11.6 Å². The number of esters is 1. The van der Waals surface area contributed by atoms with Gasteiger partial charge < -0.3 is 14.6 Å². The van der Waals surface area contributed by atoms with Gasteiger partial charge in [0.25, 0.3) is 5.60 Å². The second-order valence-corrected chi connectivity index (χ2v) is 4.24. The third kappa shape index (κ3) is 2.99. The molecule has 0 radical (unpaired) electrons. The van der Waals surface area contributed by atoms with Crippen LogP contribution in [0.4, 0.5) is 13.2 Å². The molecule has 0 aliphatic carbocycles. The number of alkyl halides is 3. The van der Waals surface area contributed by atoms with Crippen LogP contribution in [0.2, 0.25) is 5.02 Å². The summed E-state index contributed by atoms with van der Waals surface area (Å²) >= 11 is 5.66. The molecule has 1 aromatic carbocycles. The minimum atomic E-state index is -5.27. The molecule has 112 valence electrons. The summed E-state index contributed by atoms with van der Waals surface area (Å²) in [5.41, 5.74) is -4.57. The van der Waals surface area contributed by atoms with E-state index in [1.54, 1.807) is 0 Å². The van der Waals surface area contributed by atoms with Crippen molar-refractivity contribution in [1.82, 2.24) is 0 Å². The molecule has 1 N–H and O–H groups in total. The zero-order valence-corrected chi connectivity index (χ0v) is 11.4. The van der Waals surface area contributed by atoms with Crippen molar-refractivity contribution in [3.8, 4) is 5.75 Å². The van der Waals surface area contributed by atoms with Crippen molar-refractivity contribution in [3.05, 3.63) is 28.8 Å². The number of benzene rings is 1. The van der Waals surface area contributed by atoms with Crippen LogP contribution in [0.15, 0.2) is 18.2 Å². The average Bonchev–Trinajstić information content (AvgIpc) is 2.35. The maximum Gasteiger partial charge on any atom is 0.432 e. The molecule has 0 saturated heterocycles. The van der Waals surface area contributed by atoms with Crippen LogP contribution in [-0.2, 0) is 15.1 Å². The highest BCUT2D eigenvalue weighted by Crippen LogP contribution is 2.42. The first-order valence-electron chi connectivity index (χ1n) is 5.48. The summed E-state index contributed by atoms with van der Waals surface area (Å²) in [6.45, 7) is 1.02. The number of carbonyl (C=O) groups excluding carboxylic acids is 1. The van der Waals surface area contributed by atoms with Gasteiger partial charge in [-0.25, -0.2) is 4.79 Å². The van der Waals surface area contributed by atoms with Crippen LogP contribution in [-0.4, -0.2) is 31.0 Å². The third-order valence-electron chi connectivity index (χ3n) is 2.51. The van der Waals surface area contributed by atoms with E-state index in [2.05, 4.69) is 4.74 Å². The van der Waals surface area contributed by atoms with Crippen molar-refractivity contribution >= 4 is 17.6 Å². The van der Waals surface area contributed by atoms with Gasteiger partial charge in [0.2, 0.25) is 0 Å². The zero-order valence-electron chi connectivity index (χ0n) is 10.6. The van der Waals surface area contributed by atoms with E-state index in [4.69, 9.17) is 16.3 Å². The summed E-state index contributed by atoms with van der Waals surface area (Å²) < 4.78 is 48.4. The molecule has 1 aromatic rings. The predicted molar refractivity (Wildman–Crippen MR) is 64.6 cm³/mol. The zero-order chi connectivity index (χ0) is 15.6. The van der Waals surface area contributed by atoms with Crippen molar-refractivity contribution < 1.29 is 32.5 Å². The lowest BCUT2D eigenvalue weighted by Crippen LogP contribution is -2.50. The van der Waals surface area contributed by atoms with Crippen molar-refractivity contribution in [3.63, 3.8) is 0 Å². The van der Waals surface area contributed by atoms with Crippen LogP contribution in [0.3, 0.4) is 0 Å². The van der Waals surface area contributed by atoms with Crippen LogP contribution in [0.1, 0.15) is 12.5 Å². The maximum absolute atomic E-state index is 13.1. The molecule has 0 aromatic heterocycles. The molecule has 0 heterocycles. The molecule has 0 spiro atoms.